The summed E-state index contributed by atoms with van der Waals surface area (Å²) in [4.78, 5) is 17.2. The van der Waals surface area contributed by atoms with Crippen LogP contribution in [0.25, 0.3) is 88.6 Å². The molecule has 44 heavy (non-hydrogen) atoms. The van der Waals surface area contributed by atoms with E-state index in [1.807, 2.05) is 54.6 Å². The molecule has 8 heteroatoms. The first kappa shape index (κ1) is 25.0. The standard InChI is InChI=1S/C36H22N4O3S/c41-44(42,43)20-13-14-27-28(15-20)36-19-34-26-12-6-5-11-25(26)32(39-34)17-30-22-8-2-1-7-21(22)29(37-30)16-31-23-9-3-4-10-24(23)33(38-31)18-35(27)40-36/h1-19,37-38H,(H,41,42,43). The van der Waals surface area contributed by atoms with E-state index in [1.165, 1.54) is 12.1 Å². The monoisotopic (exact) mass is 590 g/mol. The van der Waals surface area contributed by atoms with Crippen LogP contribution in [0.2, 0.25) is 0 Å². The quantitative estimate of drug-likeness (QED) is 0.166. The first-order chi connectivity index (χ1) is 21.4. The molecule has 0 saturated carbocycles. The Morgan fingerprint density at radius 3 is 1.36 bits per heavy atom. The molecule has 0 fully saturated rings. The molecule has 0 saturated heterocycles. The van der Waals surface area contributed by atoms with Crippen molar-refractivity contribution in [2.24, 2.45) is 0 Å². The van der Waals surface area contributed by atoms with Gasteiger partial charge in [-0.1, -0.05) is 78.9 Å². The van der Waals surface area contributed by atoms with Crippen molar-refractivity contribution in [2.45, 2.75) is 4.90 Å². The normalized spacial score (nSPS) is 12.4. The van der Waals surface area contributed by atoms with Crippen LogP contribution in [0, 0.1) is 0 Å². The van der Waals surface area contributed by atoms with E-state index in [4.69, 9.17) is 9.97 Å². The lowest BCUT2D eigenvalue weighted by Gasteiger charge is -2.03. The van der Waals surface area contributed by atoms with Crippen molar-refractivity contribution >= 4 is 53.7 Å². The zero-order chi connectivity index (χ0) is 29.6. The van der Waals surface area contributed by atoms with Gasteiger partial charge >= 0.3 is 0 Å². The van der Waals surface area contributed by atoms with E-state index >= 15 is 0 Å². The second-order valence-electron chi connectivity index (χ2n) is 11.1. The third kappa shape index (κ3) is 3.75. The van der Waals surface area contributed by atoms with Crippen molar-refractivity contribution in [1.82, 2.24) is 19.9 Å². The molecule has 210 valence electrons. The van der Waals surface area contributed by atoms with E-state index < -0.39 is 10.1 Å². The summed E-state index contributed by atoms with van der Waals surface area (Å²) in [5.41, 5.74) is 9.86. The molecule has 0 unspecified atom stereocenters. The largest absolute Gasteiger partial charge is 0.354 e. The van der Waals surface area contributed by atoms with E-state index in [-0.39, 0.29) is 4.90 Å². The zero-order valence-electron chi connectivity index (χ0n) is 23.0. The summed E-state index contributed by atoms with van der Waals surface area (Å²) in [5.74, 6) is 0. The average molecular weight is 591 g/mol. The maximum atomic E-state index is 12.1. The first-order valence-corrected chi connectivity index (χ1v) is 15.6. The van der Waals surface area contributed by atoms with Crippen molar-refractivity contribution in [3.05, 3.63) is 115 Å². The Hall–Kier alpha value is -5.57. The molecule has 0 radical (unpaired) electrons. The summed E-state index contributed by atoms with van der Waals surface area (Å²) in [6.07, 6.45) is 0. The molecule has 0 atom stereocenters. The van der Waals surface area contributed by atoms with Crippen molar-refractivity contribution < 1.29 is 13.0 Å². The van der Waals surface area contributed by atoms with Gasteiger partial charge in [0.05, 0.1) is 27.7 Å². The number of hydrogen-bond donors (Lipinski definition) is 3. The van der Waals surface area contributed by atoms with E-state index in [1.54, 1.807) is 6.07 Å². The molecule has 2 aliphatic heterocycles. The molecule has 0 spiro atoms. The molecular formula is C36H22N4O3S. The van der Waals surface area contributed by atoms with Gasteiger partial charge in [0.25, 0.3) is 10.1 Å². The van der Waals surface area contributed by atoms with Crippen LogP contribution in [0.1, 0.15) is 0 Å². The lowest BCUT2D eigenvalue weighted by atomic mass is 10.0. The van der Waals surface area contributed by atoms with Gasteiger partial charge < -0.3 is 9.97 Å². The van der Waals surface area contributed by atoms with Crippen LogP contribution in [0.5, 0.6) is 0 Å². The van der Waals surface area contributed by atoms with Crippen LogP contribution in [-0.4, -0.2) is 32.9 Å². The van der Waals surface area contributed by atoms with Crippen molar-refractivity contribution in [2.75, 3.05) is 0 Å². The minimum atomic E-state index is -4.42. The molecule has 0 amide bonds. The maximum absolute atomic E-state index is 12.1. The van der Waals surface area contributed by atoms with Gasteiger partial charge in [0.1, 0.15) is 0 Å². The molecule has 7 nitrogen and oxygen atoms in total. The van der Waals surface area contributed by atoms with E-state index in [0.29, 0.717) is 17.0 Å². The first-order valence-electron chi connectivity index (χ1n) is 14.1. The molecule has 2 aliphatic rings. The van der Waals surface area contributed by atoms with E-state index in [2.05, 4.69) is 52.4 Å². The Morgan fingerprint density at radius 1 is 0.455 bits per heavy atom. The van der Waals surface area contributed by atoms with Gasteiger partial charge in [-0.2, -0.15) is 8.42 Å². The molecule has 7 aromatic rings. The Morgan fingerprint density at radius 2 is 0.864 bits per heavy atom. The molecule has 5 heterocycles. The fraction of sp³-hybridized carbons (Fsp3) is 0. The predicted molar refractivity (Wildman–Crippen MR) is 175 cm³/mol. The minimum absolute atomic E-state index is 0.185. The van der Waals surface area contributed by atoms with Gasteiger partial charge in [-0.3, -0.25) is 4.55 Å². The number of H-pyrrole nitrogens is 2. The smallest absolute Gasteiger partial charge is 0.294 e. The summed E-state index contributed by atoms with van der Waals surface area (Å²) >= 11 is 0. The van der Waals surface area contributed by atoms with Gasteiger partial charge in [-0.15, -0.1) is 0 Å². The van der Waals surface area contributed by atoms with Crippen LogP contribution < -0.4 is 0 Å². The van der Waals surface area contributed by atoms with Gasteiger partial charge in [0.2, 0.25) is 0 Å². The summed E-state index contributed by atoms with van der Waals surface area (Å²) in [7, 11) is -4.42. The third-order valence-corrected chi connectivity index (χ3v) is 9.33. The summed E-state index contributed by atoms with van der Waals surface area (Å²) in [6.45, 7) is 0. The number of hydrogen-bond acceptors (Lipinski definition) is 4. The Labute approximate surface area is 251 Å². The average Bonchev–Trinajstić information content (AvgIpc) is 3.76. The fourth-order valence-corrected chi connectivity index (χ4v) is 6.96. The predicted octanol–water partition coefficient (Wildman–Crippen LogP) is 8.54. The lowest BCUT2D eigenvalue weighted by molar-refractivity contribution is 0.483. The van der Waals surface area contributed by atoms with Gasteiger partial charge in [-0.05, 0) is 36.4 Å². The van der Waals surface area contributed by atoms with Crippen LogP contribution in [0.4, 0.5) is 0 Å². The number of nitrogens with one attached hydrogen (secondary N) is 2. The fourth-order valence-electron chi connectivity index (χ4n) is 6.46. The highest BCUT2D eigenvalue weighted by molar-refractivity contribution is 7.85. The highest BCUT2D eigenvalue weighted by atomic mass is 32.2. The van der Waals surface area contributed by atoms with Crippen LogP contribution in [-0.2, 0) is 10.1 Å². The SMILES string of the molecule is O=S(=O)(O)c1ccc2c(c1)-c1cc3nc(cc4[nH]c(cc5[nH]c(cc-2n1)c1ccccc51)c1ccccc41)-c1ccccc1-3. The second kappa shape index (κ2) is 8.97. The summed E-state index contributed by atoms with van der Waals surface area (Å²) < 4.78 is 34.1. The third-order valence-electron chi connectivity index (χ3n) is 8.48. The number of benzene rings is 4. The molecule has 0 aliphatic carbocycles. The second-order valence-corrected chi connectivity index (χ2v) is 12.5. The van der Waals surface area contributed by atoms with Crippen molar-refractivity contribution in [3.8, 4) is 45.0 Å². The summed E-state index contributed by atoms with van der Waals surface area (Å²) in [6, 6.07) is 37.3. The van der Waals surface area contributed by atoms with Crippen molar-refractivity contribution in [1.29, 1.82) is 0 Å². The molecule has 8 bridgehead atoms. The topological polar surface area (TPSA) is 112 Å². The Bertz CT molecular complexity index is 2650. The van der Waals surface area contributed by atoms with Crippen molar-refractivity contribution in [3.63, 3.8) is 0 Å². The molecular weight excluding hydrogens is 568 g/mol. The van der Waals surface area contributed by atoms with Gasteiger partial charge in [-0.25, -0.2) is 9.97 Å². The van der Waals surface area contributed by atoms with Crippen LogP contribution >= 0.6 is 0 Å². The number of rotatable bonds is 1. The highest BCUT2D eigenvalue weighted by Gasteiger charge is 2.23. The molecule has 4 aromatic carbocycles. The summed E-state index contributed by atoms with van der Waals surface area (Å²) in [5, 5.41) is 4.30. The molecule has 3 aromatic heterocycles. The minimum Gasteiger partial charge on any atom is -0.354 e. The van der Waals surface area contributed by atoms with Crippen LogP contribution in [0.15, 0.2) is 120 Å². The number of aromatic amines is 2. The number of fused-ring (bicyclic) bond motifs is 20. The molecule has 3 N–H and O–H groups in total. The van der Waals surface area contributed by atoms with E-state index in [0.717, 1.165) is 71.7 Å². The molecule has 9 rings (SSSR count). The van der Waals surface area contributed by atoms with Crippen LogP contribution in [0.3, 0.4) is 0 Å². The number of aromatic nitrogens is 4. The van der Waals surface area contributed by atoms with Gasteiger partial charge in [0.15, 0.2) is 0 Å². The maximum Gasteiger partial charge on any atom is 0.294 e. The Balaban J connectivity index is 1.49. The highest BCUT2D eigenvalue weighted by Crippen LogP contribution is 2.41. The lowest BCUT2D eigenvalue weighted by Crippen LogP contribution is -1.98. The van der Waals surface area contributed by atoms with Gasteiger partial charge in [0, 0.05) is 65.9 Å². The number of nitrogens with zero attached hydrogens (tertiary/aromatic N) is 2. The zero-order valence-corrected chi connectivity index (χ0v) is 23.9. The van der Waals surface area contributed by atoms with E-state index in [9.17, 15) is 13.0 Å². The Kier molecular flexibility index (Phi) is 5.09.